The molecule has 0 fully saturated rings. The van der Waals surface area contributed by atoms with E-state index in [0.29, 0.717) is 0 Å². The Labute approximate surface area is 330 Å². The summed E-state index contributed by atoms with van der Waals surface area (Å²) in [7, 11) is 0. The monoisotopic (exact) mass is 714 g/mol. The lowest BCUT2D eigenvalue weighted by Gasteiger charge is -2.31. The summed E-state index contributed by atoms with van der Waals surface area (Å²) >= 11 is 0. The molecule has 0 N–H and O–H groups in total. The third-order valence-corrected chi connectivity index (χ3v) is 11.6. The number of hydrogen-bond donors (Lipinski definition) is 0. The van der Waals surface area contributed by atoms with Crippen LogP contribution >= 0.6 is 0 Å². The van der Waals surface area contributed by atoms with E-state index in [1.807, 2.05) is 0 Å². The molecule has 0 heteroatoms. The second kappa shape index (κ2) is 14.8. The SMILES string of the molecule is C(=C(c1ccccc1)c1ccccc1)c1ccc(-c2cc3c4c(c2)CCc2cc(-c5ccc(C=C(c6ccccc6)c6ccccc6)cc5)cc(c2-4)CC3)cc1. The van der Waals surface area contributed by atoms with Gasteiger partial charge in [0.1, 0.15) is 0 Å². The van der Waals surface area contributed by atoms with Crippen LogP contribution in [0.5, 0.6) is 0 Å². The van der Waals surface area contributed by atoms with Crippen molar-refractivity contribution in [2.75, 3.05) is 0 Å². The Kier molecular flexibility index (Phi) is 8.94. The Morgan fingerprint density at radius 2 is 0.554 bits per heavy atom. The van der Waals surface area contributed by atoms with Gasteiger partial charge in [0, 0.05) is 0 Å². The minimum atomic E-state index is 1.08. The fraction of sp³-hybridized carbons (Fsp3) is 0.0714. The molecule has 0 unspecified atom stereocenters. The smallest absolute Gasteiger partial charge is 0.0105 e. The third kappa shape index (κ3) is 6.65. The molecular weight excluding hydrogens is 673 g/mol. The maximum absolute atomic E-state index is 2.47. The van der Waals surface area contributed by atoms with Gasteiger partial charge in [0.15, 0.2) is 0 Å². The van der Waals surface area contributed by atoms with Crippen LogP contribution in [0.2, 0.25) is 0 Å². The summed E-state index contributed by atoms with van der Waals surface area (Å²) in [5.41, 5.74) is 24.1. The predicted molar refractivity (Wildman–Crippen MR) is 237 cm³/mol. The Morgan fingerprint density at radius 1 is 0.286 bits per heavy atom. The molecule has 0 amide bonds. The number of hydrogen-bond acceptors (Lipinski definition) is 0. The van der Waals surface area contributed by atoms with E-state index in [4.69, 9.17) is 0 Å². The Hall–Kier alpha value is -6.76. The van der Waals surface area contributed by atoms with Crippen LogP contribution in [-0.4, -0.2) is 0 Å². The molecule has 0 heterocycles. The van der Waals surface area contributed by atoms with Gasteiger partial charge in [-0.2, -0.15) is 0 Å². The van der Waals surface area contributed by atoms with Gasteiger partial charge in [-0.1, -0.05) is 194 Å². The van der Waals surface area contributed by atoms with E-state index in [-0.39, 0.29) is 0 Å². The van der Waals surface area contributed by atoms with Crippen molar-refractivity contribution in [3.8, 4) is 33.4 Å². The van der Waals surface area contributed by atoms with E-state index in [0.717, 1.165) is 25.7 Å². The molecule has 0 bridgehead atoms. The van der Waals surface area contributed by atoms with Gasteiger partial charge in [0.2, 0.25) is 0 Å². The molecule has 0 aliphatic heterocycles. The summed E-state index contributed by atoms with van der Waals surface area (Å²) in [5.74, 6) is 0. The molecule has 0 atom stereocenters. The first-order valence-corrected chi connectivity index (χ1v) is 19.9. The molecule has 2 aliphatic carbocycles. The molecule has 0 saturated heterocycles. The van der Waals surface area contributed by atoms with Crippen molar-refractivity contribution in [3.05, 3.63) is 250 Å². The highest BCUT2D eigenvalue weighted by atomic mass is 14.3. The Bertz CT molecular complexity index is 2390. The Balaban J connectivity index is 0.932. The molecule has 8 aromatic carbocycles. The molecule has 56 heavy (non-hydrogen) atoms. The minimum absolute atomic E-state index is 1.08. The van der Waals surface area contributed by atoms with Gasteiger partial charge in [-0.05, 0) is 138 Å². The molecule has 266 valence electrons. The maximum atomic E-state index is 2.47. The van der Waals surface area contributed by atoms with E-state index < -0.39 is 0 Å². The van der Waals surface area contributed by atoms with Crippen LogP contribution in [-0.2, 0) is 25.7 Å². The lowest BCUT2D eigenvalue weighted by molar-refractivity contribution is 0.878. The number of benzene rings is 8. The highest BCUT2D eigenvalue weighted by molar-refractivity contribution is 5.93. The van der Waals surface area contributed by atoms with Crippen molar-refractivity contribution in [1.82, 2.24) is 0 Å². The highest BCUT2D eigenvalue weighted by Crippen LogP contribution is 2.46. The van der Waals surface area contributed by atoms with Gasteiger partial charge >= 0.3 is 0 Å². The largest absolute Gasteiger partial charge is 0.0622 e. The fourth-order valence-corrected chi connectivity index (χ4v) is 8.85. The third-order valence-electron chi connectivity index (χ3n) is 11.6. The highest BCUT2D eigenvalue weighted by Gasteiger charge is 2.27. The molecule has 0 radical (unpaired) electrons. The zero-order valence-corrected chi connectivity index (χ0v) is 31.5. The second-order valence-corrected chi connectivity index (χ2v) is 15.2. The lowest BCUT2D eigenvalue weighted by Crippen LogP contribution is -2.14. The van der Waals surface area contributed by atoms with Gasteiger partial charge in [-0.15, -0.1) is 0 Å². The summed E-state index contributed by atoms with van der Waals surface area (Å²) in [4.78, 5) is 0. The summed E-state index contributed by atoms with van der Waals surface area (Å²) in [5, 5.41) is 0. The lowest BCUT2D eigenvalue weighted by atomic mass is 9.73. The minimum Gasteiger partial charge on any atom is -0.0622 e. The van der Waals surface area contributed by atoms with Crippen molar-refractivity contribution >= 4 is 23.3 Å². The van der Waals surface area contributed by atoms with Crippen LogP contribution < -0.4 is 0 Å². The van der Waals surface area contributed by atoms with E-state index in [9.17, 15) is 0 Å². The molecule has 0 spiro atoms. The van der Waals surface area contributed by atoms with E-state index >= 15 is 0 Å². The van der Waals surface area contributed by atoms with Gasteiger partial charge in [-0.3, -0.25) is 0 Å². The number of aryl methyl sites for hydroxylation is 4. The normalized spacial score (nSPS) is 12.4. The maximum Gasteiger partial charge on any atom is -0.0105 e. The van der Waals surface area contributed by atoms with E-state index in [2.05, 4.69) is 206 Å². The van der Waals surface area contributed by atoms with Crippen LogP contribution in [0.4, 0.5) is 0 Å². The van der Waals surface area contributed by atoms with Crippen LogP contribution in [0.3, 0.4) is 0 Å². The van der Waals surface area contributed by atoms with Crippen LogP contribution in [0.25, 0.3) is 56.7 Å². The molecule has 8 aromatic rings. The van der Waals surface area contributed by atoms with Gasteiger partial charge in [-0.25, -0.2) is 0 Å². The second-order valence-electron chi connectivity index (χ2n) is 15.2. The predicted octanol–water partition coefficient (Wildman–Crippen LogP) is 14.1. The first-order valence-electron chi connectivity index (χ1n) is 19.9. The standard InChI is InChI=1S/C56H42/c1-5-13-43(14-6-1)53(44-15-7-2-8-16-44)33-39-21-25-41(26-22-39)51-35-47-29-31-49-37-52(38-50-32-30-48(36-51)55(47)56(49)50)42-27-23-40(24-28-42)34-54(45-17-9-3-10-18-45)46-19-11-4-12-20-46/h1-28,33-38H,29-32H2. The van der Waals surface area contributed by atoms with Crippen molar-refractivity contribution in [3.63, 3.8) is 0 Å². The zero-order valence-electron chi connectivity index (χ0n) is 31.5. The molecular formula is C56H42. The van der Waals surface area contributed by atoms with Crippen molar-refractivity contribution in [1.29, 1.82) is 0 Å². The first-order chi connectivity index (χ1) is 27.7. The van der Waals surface area contributed by atoms with Crippen LogP contribution in [0.15, 0.2) is 194 Å². The summed E-state index contributed by atoms with van der Waals surface area (Å²) in [6, 6.07) is 71.0. The van der Waals surface area contributed by atoms with Crippen molar-refractivity contribution in [2.45, 2.75) is 25.7 Å². The van der Waals surface area contributed by atoms with Crippen LogP contribution in [0.1, 0.15) is 55.6 Å². The topological polar surface area (TPSA) is 0 Å². The van der Waals surface area contributed by atoms with Crippen molar-refractivity contribution in [2.24, 2.45) is 0 Å². The molecule has 0 saturated carbocycles. The fourth-order valence-electron chi connectivity index (χ4n) is 8.85. The summed E-state index contributed by atoms with van der Waals surface area (Å²) in [6.45, 7) is 0. The molecule has 10 rings (SSSR count). The van der Waals surface area contributed by atoms with Crippen LogP contribution in [0, 0.1) is 0 Å². The van der Waals surface area contributed by atoms with Gasteiger partial charge < -0.3 is 0 Å². The number of rotatable bonds is 8. The first kappa shape index (κ1) is 33.8. The quantitative estimate of drug-likeness (QED) is 0.138. The van der Waals surface area contributed by atoms with E-state index in [1.165, 1.54) is 100 Å². The average molecular weight is 715 g/mol. The summed E-state index contributed by atoms with van der Waals surface area (Å²) < 4.78 is 0. The van der Waals surface area contributed by atoms with Crippen molar-refractivity contribution < 1.29 is 0 Å². The Morgan fingerprint density at radius 3 is 0.821 bits per heavy atom. The molecule has 2 aliphatic rings. The van der Waals surface area contributed by atoms with Gasteiger partial charge in [0.05, 0.1) is 0 Å². The molecule has 0 aromatic heterocycles. The zero-order chi connectivity index (χ0) is 37.3. The summed E-state index contributed by atoms with van der Waals surface area (Å²) in [6.07, 6.45) is 8.95. The molecule has 0 nitrogen and oxygen atoms in total. The average Bonchev–Trinajstić information content (AvgIpc) is 3.28. The van der Waals surface area contributed by atoms with Gasteiger partial charge in [0.25, 0.3) is 0 Å². The van der Waals surface area contributed by atoms with E-state index in [1.54, 1.807) is 0 Å².